The first-order valence-corrected chi connectivity index (χ1v) is 13.7. The number of anilines is 1. The lowest BCUT2D eigenvalue weighted by Crippen LogP contribution is -2.91. The predicted octanol–water partition coefficient (Wildman–Crippen LogP) is 4.03. The van der Waals surface area contributed by atoms with Crippen molar-refractivity contribution in [3.05, 3.63) is 53.1 Å². The molecular weight excluding hydrogens is 468 g/mol. The Morgan fingerprint density at radius 2 is 2.05 bits per heavy atom. The Morgan fingerprint density at radius 1 is 1.32 bits per heavy atom. The van der Waals surface area contributed by atoms with Gasteiger partial charge in [-0.25, -0.2) is 4.79 Å². The molecular formula is C29H45N4O4+. The van der Waals surface area contributed by atoms with Crippen molar-refractivity contribution in [1.29, 1.82) is 0 Å². The SMILES string of the molecule is C=C(OCC1CCN(c2nc(C(C)C)no2)CC1)/C(C)=C\C(=C/C)C1=CCC(C(=O)[NH2+]C[C@H](C)O)CC1. The Kier molecular flexibility index (Phi) is 10.7. The average molecular weight is 514 g/mol. The van der Waals surface area contributed by atoms with Gasteiger partial charge in [0.1, 0.15) is 18.4 Å². The molecule has 2 atom stereocenters. The van der Waals surface area contributed by atoms with Crippen LogP contribution in [0.4, 0.5) is 6.01 Å². The number of hydrogen-bond acceptors (Lipinski definition) is 7. The van der Waals surface area contributed by atoms with Gasteiger partial charge in [0.2, 0.25) is 0 Å². The Morgan fingerprint density at radius 3 is 2.62 bits per heavy atom. The first kappa shape index (κ1) is 28.9. The van der Waals surface area contributed by atoms with Crippen molar-refractivity contribution in [2.75, 3.05) is 31.1 Å². The molecule has 0 bridgehead atoms. The fourth-order valence-electron chi connectivity index (χ4n) is 4.70. The van der Waals surface area contributed by atoms with E-state index in [-0.39, 0.29) is 17.7 Å². The molecule has 204 valence electrons. The molecule has 0 radical (unpaired) electrons. The molecule has 1 aliphatic heterocycles. The number of carbonyl (C=O) groups is 1. The molecule has 3 N–H and O–H groups in total. The van der Waals surface area contributed by atoms with Gasteiger partial charge in [-0.15, -0.1) is 0 Å². The summed E-state index contributed by atoms with van der Waals surface area (Å²) in [5.41, 5.74) is 3.44. The van der Waals surface area contributed by atoms with Crippen LogP contribution in [0.3, 0.4) is 0 Å². The number of allylic oxidation sites excluding steroid dienone is 6. The number of piperidine rings is 1. The molecule has 8 nitrogen and oxygen atoms in total. The van der Waals surface area contributed by atoms with Crippen molar-refractivity contribution in [2.45, 2.75) is 78.7 Å². The van der Waals surface area contributed by atoms with Gasteiger partial charge in [-0.3, -0.25) is 5.32 Å². The second kappa shape index (κ2) is 13.7. The van der Waals surface area contributed by atoms with Crippen molar-refractivity contribution < 1.29 is 24.5 Å². The highest BCUT2D eigenvalue weighted by atomic mass is 16.5. The molecule has 0 aromatic carbocycles. The standard InChI is InChI=1S/C29H44N4O4/c1-7-24(25-8-10-26(11-9-25)28(35)30-17-21(5)34)16-20(4)22(6)36-18-23-12-14-33(15-13-23)29-31-27(19(2)3)32-37-29/h7-8,16,19,21,23,26,34H,6,9-15,17-18H2,1-5H3,(H,30,35)/p+1/b20-16-,24-7+/t21-,26?/m0/s1. The van der Waals surface area contributed by atoms with Crippen molar-refractivity contribution in [2.24, 2.45) is 11.8 Å². The molecule has 1 unspecified atom stereocenters. The Labute approximate surface area is 221 Å². The minimum Gasteiger partial charge on any atom is -0.494 e. The average Bonchev–Trinajstić information content (AvgIpc) is 3.40. The topological polar surface area (TPSA) is 105 Å². The number of aromatic nitrogens is 2. The molecule has 1 amide bonds. The first-order chi connectivity index (χ1) is 17.7. The van der Waals surface area contributed by atoms with E-state index in [1.54, 1.807) is 12.2 Å². The Balaban J connectivity index is 1.45. The third-order valence-electron chi connectivity index (χ3n) is 7.29. The van der Waals surface area contributed by atoms with Gasteiger partial charge in [-0.05, 0) is 81.6 Å². The van der Waals surface area contributed by atoms with Crippen molar-refractivity contribution in [3.63, 3.8) is 0 Å². The van der Waals surface area contributed by atoms with Crippen LogP contribution in [0.15, 0.2) is 51.8 Å². The summed E-state index contributed by atoms with van der Waals surface area (Å²) < 4.78 is 11.5. The maximum Gasteiger partial charge on any atom is 0.324 e. The third kappa shape index (κ3) is 8.40. The van der Waals surface area contributed by atoms with Gasteiger partial charge in [0.05, 0.1) is 12.5 Å². The fourth-order valence-corrected chi connectivity index (χ4v) is 4.70. The lowest BCUT2D eigenvalue weighted by atomic mass is 9.85. The van der Waals surface area contributed by atoms with Gasteiger partial charge in [0.25, 0.3) is 0 Å². The molecule has 2 aliphatic rings. The van der Waals surface area contributed by atoms with Crippen molar-refractivity contribution in [3.8, 4) is 0 Å². The van der Waals surface area contributed by atoms with Crippen molar-refractivity contribution in [1.82, 2.24) is 10.1 Å². The second-order valence-electron chi connectivity index (χ2n) is 10.7. The molecule has 8 heteroatoms. The zero-order valence-electron chi connectivity index (χ0n) is 23.2. The highest BCUT2D eigenvalue weighted by Gasteiger charge is 2.26. The van der Waals surface area contributed by atoms with Crippen LogP contribution in [0.2, 0.25) is 0 Å². The maximum atomic E-state index is 12.4. The molecule has 1 saturated heterocycles. The van der Waals surface area contributed by atoms with E-state index in [0.717, 1.165) is 62.2 Å². The van der Waals surface area contributed by atoms with E-state index in [0.29, 0.717) is 30.8 Å². The largest absolute Gasteiger partial charge is 0.494 e. The van der Waals surface area contributed by atoms with E-state index in [4.69, 9.17) is 9.26 Å². The smallest absolute Gasteiger partial charge is 0.324 e. The van der Waals surface area contributed by atoms with Crippen LogP contribution >= 0.6 is 0 Å². The van der Waals surface area contributed by atoms with Gasteiger partial charge >= 0.3 is 11.9 Å². The summed E-state index contributed by atoms with van der Waals surface area (Å²) in [6.07, 6.45) is 10.4. The molecule has 37 heavy (non-hydrogen) atoms. The molecule has 1 fully saturated rings. The number of ether oxygens (including phenoxy) is 1. The van der Waals surface area contributed by atoms with Crippen LogP contribution in [0.25, 0.3) is 0 Å². The molecule has 2 heterocycles. The lowest BCUT2D eigenvalue weighted by molar-refractivity contribution is -0.579. The van der Waals surface area contributed by atoms with E-state index in [1.807, 2.05) is 13.8 Å². The molecule has 0 saturated carbocycles. The minimum absolute atomic E-state index is 0.0208. The molecule has 1 aromatic heterocycles. The van der Waals surface area contributed by atoms with Crippen LogP contribution in [-0.2, 0) is 9.53 Å². The zero-order valence-corrected chi connectivity index (χ0v) is 23.2. The quantitative estimate of drug-likeness (QED) is 0.340. The van der Waals surface area contributed by atoms with E-state index in [1.165, 1.54) is 5.57 Å². The molecule has 1 aromatic rings. The molecule has 3 rings (SSSR count). The summed E-state index contributed by atoms with van der Waals surface area (Å²) in [4.78, 5) is 19.0. The first-order valence-electron chi connectivity index (χ1n) is 13.7. The number of nitrogens with zero attached hydrogens (tertiary/aromatic N) is 3. The molecule has 0 spiro atoms. The monoisotopic (exact) mass is 513 g/mol. The van der Waals surface area contributed by atoms with Gasteiger partial charge in [-0.1, -0.05) is 37.7 Å². The predicted molar refractivity (Wildman–Crippen MR) is 145 cm³/mol. The summed E-state index contributed by atoms with van der Waals surface area (Å²) in [5, 5.41) is 15.1. The Hall–Kier alpha value is -2.71. The minimum atomic E-state index is -0.473. The van der Waals surface area contributed by atoms with Crippen molar-refractivity contribution >= 4 is 11.9 Å². The van der Waals surface area contributed by atoms with E-state index >= 15 is 0 Å². The number of hydrogen-bond donors (Lipinski definition) is 2. The molecule has 1 aliphatic carbocycles. The number of rotatable bonds is 11. The van der Waals surface area contributed by atoms with Gasteiger partial charge in [-0.2, -0.15) is 4.98 Å². The van der Waals surface area contributed by atoms with Gasteiger partial charge < -0.3 is 19.3 Å². The van der Waals surface area contributed by atoms with Crippen LogP contribution in [0, 0.1) is 11.8 Å². The van der Waals surface area contributed by atoms with Crippen LogP contribution in [0.1, 0.15) is 78.5 Å². The third-order valence-corrected chi connectivity index (χ3v) is 7.29. The van der Waals surface area contributed by atoms with Gasteiger partial charge in [0, 0.05) is 19.0 Å². The normalized spacial score (nSPS) is 20.7. The maximum absolute atomic E-state index is 12.4. The number of aliphatic hydroxyl groups excluding tert-OH is 1. The number of aliphatic hydroxyl groups is 1. The summed E-state index contributed by atoms with van der Waals surface area (Å²) >= 11 is 0. The highest BCUT2D eigenvalue weighted by molar-refractivity contribution is 5.69. The Bertz CT molecular complexity index is 1010. The number of carbonyl (C=O) groups excluding carboxylic acids is 1. The number of nitrogens with two attached hydrogens (primary N) is 1. The second-order valence-corrected chi connectivity index (χ2v) is 10.7. The summed E-state index contributed by atoms with van der Waals surface area (Å²) in [6.45, 7) is 16.9. The van der Waals surface area contributed by atoms with Crippen LogP contribution in [-0.4, -0.2) is 53.5 Å². The lowest BCUT2D eigenvalue weighted by Gasteiger charge is -2.30. The summed E-state index contributed by atoms with van der Waals surface area (Å²) in [7, 11) is 0. The summed E-state index contributed by atoms with van der Waals surface area (Å²) in [6, 6.07) is 0.621. The fraction of sp³-hybridized carbons (Fsp3) is 0.621. The van der Waals surface area contributed by atoms with Crippen LogP contribution < -0.4 is 10.2 Å². The highest BCUT2D eigenvalue weighted by Crippen LogP contribution is 2.30. The van der Waals surface area contributed by atoms with E-state index < -0.39 is 6.10 Å². The number of primary amides is 1. The van der Waals surface area contributed by atoms with Crippen LogP contribution in [0.5, 0.6) is 0 Å². The van der Waals surface area contributed by atoms with E-state index in [2.05, 4.69) is 53.7 Å². The number of quaternary nitrogens is 1. The number of amides is 1. The zero-order chi connectivity index (χ0) is 26.9. The summed E-state index contributed by atoms with van der Waals surface area (Å²) in [5.74, 6) is 2.35. The van der Waals surface area contributed by atoms with E-state index in [9.17, 15) is 9.90 Å². The van der Waals surface area contributed by atoms with Gasteiger partial charge in [0.15, 0.2) is 5.82 Å².